The number of rotatable bonds is 3. The molecule has 6 nitrogen and oxygen atoms in total. The Labute approximate surface area is 152 Å². The molecule has 0 spiro atoms. The third kappa shape index (κ3) is 3.44. The molecular weight excluding hydrogens is 324 g/mol. The van der Waals surface area contributed by atoms with Crippen molar-refractivity contribution in [3.63, 3.8) is 0 Å². The number of anilines is 3. The van der Waals surface area contributed by atoms with Crippen molar-refractivity contribution in [2.45, 2.75) is 18.8 Å². The van der Waals surface area contributed by atoms with E-state index < -0.39 is 0 Å². The Kier molecular flexibility index (Phi) is 4.39. The number of nitrogens with two attached hydrogens (primary N) is 2. The minimum absolute atomic E-state index is 0.200. The van der Waals surface area contributed by atoms with Crippen LogP contribution in [0.3, 0.4) is 0 Å². The molecule has 1 fully saturated rings. The molecule has 132 valence electrons. The lowest BCUT2D eigenvalue weighted by Gasteiger charge is -2.33. The predicted molar refractivity (Wildman–Crippen MR) is 105 cm³/mol. The molecule has 0 unspecified atom stereocenters. The smallest absolute Gasteiger partial charge is 0.225 e. The summed E-state index contributed by atoms with van der Waals surface area (Å²) < 4.78 is 0. The van der Waals surface area contributed by atoms with E-state index in [0.717, 1.165) is 25.9 Å². The fourth-order valence-electron chi connectivity index (χ4n) is 3.50. The second-order valence-corrected chi connectivity index (χ2v) is 6.58. The van der Waals surface area contributed by atoms with Crippen LogP contribution in [0.5, 0.6) is 0 Å². The Bertz CT molecular complexity index is 850. The van der Waals surface area contributed by atoms with Gasteiger partial charge in [-0.15, -0.1) is 0 Å². The standard InChI is InChI=1S/C20H22N6/c21-19-23-18(24-20(22)25-19)16-10-12-26(13-11-16)17-8-6-15(7-9-17)14-4-2-1-3-5-14/h1-9,16H,10-13H2,(H4,21,22,23,24,25). The van der Waals surface area contributed by atoms with Gasteiger partial charge in [-0.3, -0.25) is 0 Å². The van der Waals surface area contributed by atoms with Gasteiger partial charge in [0.05, 0.1) is 0 Å². The van der Waals surface area contributed by atoms with E-state index >= 15 is 0 Å². The Morgan fingerprint density at radius 3 is 1.92 bits per heavy atom. The van der Waals surface area contributed by atoms with Crippen molar-refractivity contribution in [1.82, 2.24) is 15.0 Å². The first-order valence-electron chi connectivity index (χ1n) is 8.86. The number of nitrogen functional groups attached to an aromatic ring is 2. The molecule has 0 atom stereocenters. The van der Waals surface area contributed by atoms with Gasteiger partial charge in [0.25, 0.3) is 0 Å². The summed E-state index contributed by atoms with van der Waals surface area (Å²) in [4.78, 5) is 14.8. The Morgan fingerprint density at radius 1 is 0.731 bits per heavy atom. The van der Waals surface area contributed by atoms with Crippen molar-refractivity contribution < 1.29 is 0 Å². The van der Waals surface area contributed by atoms with Gasteiger partial charge in [0.15, 0.2) is 0 Å². The van der Waals surface area contributed by atoms with Gasteiger partial charge in [-0.1, -0.05) is 42.5 Å². The predicted octanol–water partition coefficient (Wildman–Crippen LogP) is 3.09. The van der Waals surface area contributed by atoms with Gasteiger partial charge in [0.1, 0.15) is 5.82 Å². The summed E-state index contributed by atoms with van der Waals surface area (Å²) in [6.07, 6.45) is 1.95. The van der Waals surface area contributed by atoms with Crippen molar-refractivity contribution in [3.05, 3.63) is 60.4 Å². The van der Waals surface area contributed by atoms with E-state index in [9.17, 15) is 0 Å². The molecule has 2 heterocycles. The summed E-state index contributed by atoms with van der Waals surface area (Å²) in [5.41, 5.74) is 15.1. The highest BCUT2D eigenvalue weighted by molar-refractivity contribution is 5.66. The zero-order valence-corrected chi connectivity index (χ0v) is 14.5. The number of benzene rings is 2. The van der Waals surface area contributed by atoms with E-state index in [1.54, 1.807) is 0 Å². The van der Waals surface area contributed by atoms with Crippen molar-refractivity contribution in [2.24, 2.45) is 0 Å². The topological polar surface area (TPSA) is 93.9 Å². The van der Waals surface area contributed by atoms with Gasteiger partial charge >= 0.3 is 0 Å². The molecule has 6 heteroatoms. The summed E-state index contributed by atoms with van der Waals surface area (Å²) >= 11 is 0. The molecule has 26 heavy (non-hydrogen) atoms. The van der Waals surface area contributed by atoms with Crippen LogP contribution in [-0.2, 0) is 0 Å². The van der Waals surface area contributed by atoms with Gasteiger partial charge in [-0.2, -0.15) is 15.0 Å². The van der Waals surface area contributed by atoms with Crippen LogP contribution in [0.2, 0.25) is 0 Å². The fraction of sp³-hybridized carbons (Fsp3) is 0.250. The lowest BCUT2D eigenvalue weighted by Crippen LogP contribution is -2.33. The maximum Gasteiger partial charge on any atom is 0.225 e. The lowest BCUT2D eigenvalue weighted by atomic mass is 9.95. The number of hydrogen-bond acceptors (Lipinski definition) is 6. The molecule has 0 aliphatic carbocycles. The molecule has 0 bridgehead atoms. The Hall–Kier alpha value is -3.15. The molecule has 4 N–H and O–H groups in total. The van der Waals surface area contributed by atoms with Crippen LogP contribution in [0.25, 0.3) is 11.1 Å². The number of aromatic nitrogens is 3. The van der Waals surface area contributed by atoms with E-state index in [1.165, 1.54) is 16.8 Å². The monoisotopic (exact) mass is 346 g/mol. The average Bonchev–Trinajstić information content (AvgIpc) is 2.68. The van der Waals surface area contributed by atoms with Gasteiger partial charge in [0.2, 0.25) is 11.9 Å². The zero-order chi connectivity index (χ0) is 17.9. The summed E-state index contributed by atoms with van der Waals surface area (Å²) in [7, 11) is 0. The van der Waals surface area contributed by atoms with E-state index in [2.05, 4.69) is 68.4 Å². The third-order valence-electron chi connectivity index (χ3n) is 4.89. The molecule has 0 saturated carbocycles. The molecular formula is C20H22N6. The number of piperidine rings is 1. The maximum atomic E-state index is 5.69. The van der Waals surface area contributed by atoms with Crippen LogP contribution in [0, 0.1) is 0 Å². The van der Waals surface area contributed by atoms with E-state index in [-0.39, 0.29) is 17.8 Å². The molecule has 4 rings (SSSR count). The summed E-state index contributed by atoms with van der Waals surface area (Å²) in [6.45, 7) is 1.92. The van der Waals surface area contributed by atoms with Crippen LogP contribution >= 0.6 is 0 Å². The third-order valence-corrected chi connectivity index (χ3v) is 4.89. The van der Waals surface area contributed by atoms with Crippen molar-refractivity contribution in [1.29, 1.82) is 0 Å². The van der Waals surface area contributed by atoms with Crippen molar-refractivity contribution >= 4 is 17.6 Å². The molecule has 1 aliphatic rings. The van der Waals surface area contributed by atoms with Crippen LogP contribution in [-0.4, -0.2) is 28.0 Å². The minimum atomic E-state index is 0.200. The van der Waals surface area contributed by atoms with Crippen molar-refractivity contribution in [3.8, 4) is 11.1 Å². The van der Waals surface area contributed by atoms with Crippen LogP contribution < -0.4 is 16.4 Å². The van der Waals surface area contributed by atoms with Gasteiger partial charge in [-0.25, -0.2) is 0 Å². The lowest BCUT2D eigenvalue weighted by molar-refractivity contribution is 0.485. The number of hydrogen-bond donors (Lipinski definition) is 2. The SMILES string of the molecule is Nc1nc(N)nc(C2CCN(c3ccc(-c4ccccc4)cc3)CC2)n1. The van der Waals surface area contributed by atoms with E-state index in [4.69, 9.17) is 11.5 Å². The highest BCUT2D eigenvalue weighted by Crippen LogP contribution is 2.30. The molecule has 0 amide bonds. The summed E-state index contributed by atoms with van der Waals surface area (Å²) in [5, 5.41) is 0. The zero-order valence-electron chi connectivity index (χ0n) is 14.5. The maximum absolute atomic E-state index is 5.69. The fourth-order valence-corrected chi connectivity index (χ4v) is 3.50. The normalized spacial score (nSPS) is 15.2. The largest absolute Gasteiger partial charge is 0.371 e. The summed E-state index contributed by atoms with van der Waals surface area (Å²) in [5.74, 6) is 1.40. The number of nitrogens with zero attached hydrogens (tertiary/aromatic N) is 4. The Balaban J connectivity index is 1.43. The van der Waals surface area contributed by atoms with Gasteiger partial charge in [-0.05, 0) is 36.1 Å². The van der Waals surface area contributed by atoms with Gasteiger partial charge < -0.3 is 16.4 Å². The quantitative estimate of drug-likeness (QED) is 0.757. The second-order valence-electron chi connectivity index (χ2n) is 6.58. The molecule has 1 aliphatic heterocycles. The first-order valence-corrected chi connectivity index (χ1v) is 8.86. The van der Waals surface area contributed by atoms with E-state index in [0.29, 0.717) is 5.82 Å². The second kappa shape index (κ2) is 7.00. The molecule has 1 saturated heterocycles. The first kappa shape index (κ1) is 16.3. The average molecular weight is 346 g/mol. The van der Waals surface area contributed by atoms with E-state index in [1.807, 2.05) is 6.07 Å². The van der Waals surface area contributed by atoms with Crippen LogP contribution in [0.4, 0.5) is 17.6 Å². The highest BCUT2D eigenvalue weighted by atomic mass is 15.2. The first-order chi connectivity index (χ1) is 12.7. The van der Waals surface area contributed by atoms with Crippen molar-refractivity contribution in [2.75, 3.05) is 29.5 Å². The van der Waals surface area contributed by atoms with Crippen LogP contribution in [0.15, 0.2) is 54.6 Å². The Morgan fingerprint density at radius 2 is 1.31 bits per heavy atom. The highest BCUT2D eigenvalue weighted by Gasteiger charge is 2.23. The minimum Gasteiger partial charge on any atom is -0.371 e. The van der Waals surface area contributed by atoms with Crippen LogP contribution in [0.1, 0.15) is 24.6 Å². The molecule has 0 radical (unpaired) electrons. The van der Waals surface area contributed by atoms with Gasteiger partial charge in [0, 0.05) is 24.7 Å². The molecule has 3 aromatic rings. The molecule has 1 aromatic heterocycles. The molecule has 2 aromatic carbocycles. The summed E-state index contributed by atoms with van der Waals surface area (Å²) in [6, 6.07) is 19.2.